The summed E-state index contributed by atoms with van der Waals surface area (Å²) in [5.41, 5.74) is 7.50. The molecule has 0 saturated carbocycles. The number of rotatable bonds is 6. The van der Waals surface area contributed by atoms with Gasteiger partial charge in [0, 0.05) is 11.9 Å². The van der Waals surface area contributed by atoms with Crippen LogP contribution < -0.4 is 5.73 Å². The maximum atomic E-state index is 11.8. The molecule has 0 atom stereocenters. The second kappa shape index (κ2) is 6.75. The van der Waals surface area contributed by atoms with Gasteiger partial charge in [-0.15, -0.1) is 0 Å². The van der Waals surface area contributed by atoms with E-state index in [2.05, 4.69) is 12.0 Å². The van der Waals surface area contributed by atoms with Crippen molar-refractivity contribution in [2.24, 2.45) is 0 Å². The Kier molecular flexibility index (Phi) is 4.76. The van der Waals surface area contributed by atoms with E-state index in [1.165, 1.54) is 0 Å². The van der Waals surface area contributed by atoms with Gasteiger partial charge in [-0.2, -0.15) is 5.10 Å². The quantitative estimate of drug-likeness (QED) is 0.499. The van der Waals surface area contributed by atoms with E-state index in [4.69, 9.17) is 10.5 Å². The molecule has 5 nitrogen and oxygen atoms in total. The van der Waals surface area contributed by atoms with E-state index in [1.807, 2.05) is 12.1 Å². The number of anilines is 1. The number of nitrogen functional groups attached to an aromatic ring is 1. The highest BCUT2D eigenvalue weighted by molar-refractivity contribution is 5.87. The number of nitrogens with two attached hydrogens (primary N) is 1. The Bertz CT molecular complexity index is 578. The van der Waals surface area contributed by atoms with Crippen molar-refractivity contribution in [3.63, 3.8) is 0 Å². The van der Waals surface area contributed by atoms with E-state index in [9.17, 15) is 4.79 Å². The van der Waals surface area contributed by atoms with Gasteiger partial charge in [-0.1, -0.05) is 25.8 Å². The number of esters is 1. The SMILES string of the molecule is CCCCCOC(=O)c1ccn(-c2cccc(N)c2)n1. The molecule has 1 aromatic heterocycles. The van der Waals surface area contributed by atoms with Crippen LogP contribution in [0.1, 0.15) is 36.7 Å². The molecular weight excluding hydrogens is 254 g/mol. The molecule has 1 heterocycles. The molecule has 0 fully saturated rings. The lowest BCUT2D eigenvalue weighted by atomic mass is 10.3. The Hall–Kier alpha value is -2.30. The van der Waals surface area contributed by atoms with Crippen LogP contribution in [0, 0.1) is 0 Å². The molecule has 2 aromatic rings. The van der Waals surface area contributed by atoms with E-state index >= 15 is 0 Å². The zero-order chi connectivity index (χ0) is 14.4. The predicted octanol–water partition coefficient (Wildman–Crippen LogP) is 2.80. The zero-order valence-electron chi connectivity index (χ0n) is 11.6. The molecule has 0 aliphatic heterocycles. The summed E-state index contributed by atoms with van der Waals surface area (Å²) in [5, 5.41) is 4.21. The van der Waals surface area contributed by atoms with Gasteiger partial charge in [-0.3, -0.25) is 0 Å². The highest BCUT2D eigenvalue weighted by Gasteiger charge is 2.11. The molecule has 0 amide bonds. The Balaban J connectivity index is 2.00. The smallest absolute Gasteiger partial charge is 0.358 e. The molecule has 0 bridgehead atoms. The summed E-state index contributed by atoms with van der Waals surface area (Å²) in [6, 6.07) is 8.96. The first-order chi connectivity index (χ1) is 9.70. The number of benzene rings is 1. The third-order valence-electron chi connectivity index (χ3n) is 2.91. The van der Waals surface area contributed by atoms with Crippen molar-refractivity contribution < 1.29 is 9.53 Å². The number of carbonyl (C=O) groups excluding carboxylic acids is 1. The molecule has 5 heteroatoms. The number of hydrogen-bond acceptors (Lipinski definition) is 4. The second-order valence-electron chi connectivity index (χ2n) is 4.58. The van der Waals surface area contributed by atoms with Crippen LogP contribution in [0.3, 0.4) is 0 Å². The van der Waals surface area contributed by atoms with Gasteiger partial charge in [0.15, 0.2) is 5.69 Å². The van der Waals surface area contributed by atoms with E-state index in [0.29, 0.717) is 18.0 Å². The molecule has 2 N–H and O–H groups in total. The molecular formula is C15H19N3O2. The number of ether oxygens (including phenoxy) is 1. The fraction of sp³-hybridized carbons (Fsp3) is 0.333. The lowest BCUT2D eigenvalue weighted by molar-refractivity contribution is 0.0490. The zero-order valence-corrected chi connectivity index (χ0v) is 11.6. The van der Waals surface area contributed by atoms with Crippen molar-refractivity contribution >= 4 is 11.7 Å². The van der Waals surface area contributed by atoms with Gasteiger partial charge in [-0.05, 0) is 30.7 Å². The Labute approximate surface area is 118 Å². The average molecular weight is 273 g/mol. The fourth-order valence-electron chi connectivity index (χ4n) is 1.83. The fourth-order valence-corrected chi connectivity index (χ4v) is 1.83. The van der Waals surface area contributed by atoms with Crippen molar-refractivity contribution in [2.75, 3.05) is 12.3 Å². The van der Waals surface area contributed by atoms with Gasteiger partial charge in [-0.25, -0.2) is 9.48 Å². The normalized spacial score (nSPS) is 10.4. The topological polar surface area (TPSA) is 70.1 Å². The van der Waals surface area contributed by atoms with Crippen LogP contribution in [-0.4, -0.2) is 22.4 Å². The first-order valence-electron chi connectivity index (χ1n) is 6.79. The largest absolute Gasteiger partial charge is 0.461 e. The van der Waals surface area contributed by atoms with Gasteiger partial charge in [0.1, 0.15) is 0 Å². The van der Waals surface area contributed by atoms with Gasteiger partial charge >= 0.3 is 5.97 Å². The summed E-state index contributed by atoms with van der Waals surface area (Å²) in [5.74, 6) is -0.385. The minimum atomic E-state index is -0.385. The maximum absolute atomic E-state index is 11.8. The number of nitrogens with zero attached hydrogens (tertiary/aromatic N) is 2. The summed E-state index contributed by atoms with van der Waals surface area (Å²) in [4.78, 5) is 11.8. The van der Waals surface area contributed by atoms with Crippen molar-refractivity contribution in [1.82, 2.24) is 9.78 Å². The average Bonchev–Trinajstić information content (AvgIpc) is 2.93. The molecule has 0 aliphatic rings. The number of unbranched alkanes of at least 4 members (excludes halogenated alkanes) is 2. The molecule has 0 radical (unpaired) electrons. The molecule has 0 saturated heterocycles. The highest BCUT2D eigenvalue weighted by Crippen LogP contribution is 2.12. The van der Waals surface area contributed by atoms with E-state index in [-0.39, 0.29) is 5.97 Å². The second-order valence-corrected chi connectivity index (χ2v) is 4.58. The van der Waals surface area contributed by atoms with Gasteiger partial charge in [0.05, 0.1) is 12.3 Å². The molecule has 106 valence electrons. The number of carbonyl (C=O) groups is 1. The van der Waals surface area contributed by atoms with Crippen LogP contribution in [0.5, 0.6) is 0 Å². The summed E-state index contributed by atoms with van der Waals surface area (Å²) in [6.45, 7) is 2.55. The third kappa shape index (κ3) is 3.60. The Morgan fingerprint density at radius 3 is 2.95 bits per heavy atom. The third-order valence-corrected chi connectivity index (χ3v) is 2.91. The minimum absolute atomic E-state index is 0.309. The summed E-state index contributed by atoms with van der Waals surface area (Å²) in [7, 11) is 0. The van der Waals surface area contributed by atoms with Gasteiger partial charge < -0.3 is 10.5 Å². The molecule has 20 heavy (non-hydrogen) atoms. The van der Waals surface area contributed by atoms with Crippen LogP contribution in [-0.2, 0) is 4.74 Å². The van der Waals surface area contributed by atoms with E-state index in [1.54, 1.807) is 29.1 Å². The van der Waals surface area contributed by atoms with Gasteiger partial charge in [0.25, 0.3) is 0 Å². The lowest BCUT2D eigenvalue weighted by Crippen LogP contribution is -2.08. The van der Waals surface area contributed by atoms with Crippen LogP contribution >= 0.6 is 0 Å². The monoisotopic (exact) mass is 273 g/mol. The van der Waals surface area contributed by atoms with Crippen LogP contribution in [0.15, 0.2) is 36.5 Å². The number of aromatic nitrogens is 2. The lowest BCUT2D eigenvalue weighted by Gasteiger charge is -2.03. The molecule has 0 spiro atoms. The molecule has 1 aromatic carbocycles. The van der Waals surface area contributed by atoms with Gasteiger partial charge in [0.2, 0.25) is 0 Å². The van der Waals surface area contributed by atoms with Crippen molar-refractivity contribution in [3.8, 4) is 5.69 Å². The predicted molar refractivity (Wildman–Crippen MR) is 77.8 cm³/mol. The molecule has 0 aliphatic carbocycles. The first kappa shape index (κ1) is 14.1. The highest BCUT2D eigenvalue weighted by atomic mass is 16.5. The molecule has 2 rings (SSSR count). The first-order valence-corrected chi connectivity index (χ1v) is 6.79. The van der Waals surface area contributed by atoms with Crippen LogP contribution in [0.2, 0.25) is 0 Å². The summed E-state index contributed by atoms with van der Waals surface area (Å²) < 4.78 is 6.77. The number of hydrogen-bond donors (Lipinski definition) is 1. The van der Waals surface area contributed by atoms with E-state index < -0.39 is 0 Å². The molecule has 0 unspecified atom stereocenters. The van der Waals surface area contributed by atoms with Crippen LogP contribution in [0.4, 0.5) is 5.69 Å². The Morgan fingerprint density at radius 2 is 2.20 bits per heavy atom. The van der Waals surface area contributed by atoms with Crippen LogP contribution in [0.25, 0.3) is 5.69 Å². The summed E-state index contributed by atoms with van der Waals surface area (Å²) >= 11 is 0. The maximum Gasteiger partial charge on any atom is 0.358 e. The summed E-state index contributed by atoms with van der Waals surface area (Å²) in [6.07, 6.45) is 4.77. The van der Waals surface area contributed by atoms with E-state index in [0.717, 1.165) is 24.9 Å². The minimum Gasteiger partial charge on any atom is -0.461 e. The van der Waals surface area contributed by atoms with Crippen molar-refractivity contribution in [1.29, 1.82) is 0 Å². The van der Waals surface area contributed by atoms with Crippen molar-refractivity contribution in [3.05, 3.63) is 42.2 Å². The Morgan fingerprint density at radius 1 is 1.35 bits per heavy atom. The van der Waals surface area contributed by atoms with Crippen molar-refractivity contribution in [2.45, 2.75) is 26.2 Å². The standard InChI is InChI=1S/C15H19N3O2/c1-2-3-4-10-20-15(19)14-8-9-18(17-14)13-7-5-6-12(16)11-13/h5-9,11H,2-4,10,16H2,1H3.